The van der Waals surface area contributed by atoms with Crippen LogP contribution in [0.4, 0.5) is 0 Å². The van der Waals surface area contributed by atoms with Crippen LogP contribution in [0, 0.1) is 25.7 Å². The number of hydrogen-bond acceptors (Lipinski definition) is 3. The second-order valence-corrected chi connectivity index (χ2v) is 5.96. The lowest BCUT2D eigenvalue weighted by atomic mass is 9.90. The van der Waals surface area contributed by atoms with Crippen LogP contribution >= 0.6 is 25.3 Å². The molecule has 0 aromatic heterocycles. The van der Waals surface area contributed by atoms with E-state index in [1.165, 1.54) is 0 Å². The lowest BCUT2D eigenvalue weighted by Crippen LogP contribution is -2.56. The van der Waals surface area contributed by atoms with Crippen LogP contribution in [0.1, 0.15) is 0 Å². The summed E-state index contributed by atoms with van der Waals surface area (Å²) in [6.07, 6.45) is 16.0. The minimum atomic E-state index is -0.498. The minimum absolute atomic E-state index is 0.0476. The van der Waals surface area contributed by atoms with E-state index in [0.29, 0.717) is 0 Å². The smallest absolute Gasteiger partial charge is 0.0882 e. The first-order valence-electron chi connectivity index (χ1n) is 5.59. The van der Waals surface area contributed by atoms with Crippen molar-refractivity contribution in [1.29, 1.82) is 0 Å². The molecule has 0 aromatic rings. The molecule has 2 radical (unpaired) electrons. The van der Waals surface area contributed by atoms with Gasteiger partial charge in [0.05, 0.1) is 9.74 Å². The third-order valence-electron chi connectivity index (χ3n) is 3.14. The van der Waals surface area contributed by atoms with E-state index in [4.69, 9.17) is 25.3 Å². The van der Waals surface area contributed by atoms with Gasteiger partial charge >= 0.3 is 0 Å². The monoisotopic (exact) mass is 263 g/mol. The van der Waals surface area contributed by atoms with Crippen molar-refractivity contribution in [3.05, 3.63) is 62.5 Å². The first-order chi connectivity index (χ1) is 7.96. The van der Waals surface area contributed by atoms with Gasteiger partial charge in [-0.15, -0.1) is 0 Å². The standard InChI is InChI=1S/C14H17NS2/c1-11-7-3-5-9-13(11,16)15-14(17)10-6-4-8-12(14)2/h3-12,15-17H,1-2H2. The minimum Gasteiger partial charge on any atom is -0.281 e. The first-order valence-corrected chi connectivity index (χ1v) is 6.48. The Labute approximate surface area is 115 Å². The van der Waals surface area contributed by atoms with E-state index in [1.54, 1.807) is 0 Å². The van der Waals surface area contributed by atoms with E-state index in [1.807, 2.05) is 48.6 Å². The molecule has 0 bridgehead atoms. The molecule has 4 atom stereocenters. The van der Waals surface area contributed by atoms with Crippen LogP contribution in [0.5, 0.6) is 0 Å². The highest BCUT2D eigenvalue weighted by Crippen LogP contribution is 2.36. The van der Waals surface area contributed by atoms with Crippen LogP contribution in [0.3, 0.4) is 0 Å². The number of hydrogen-bond donors (Lipinski definition) is 3. The molecule has 0 spiro atoms. The summed E-state index contributed by atoms with van der Waals surface area (Å²) >= 11 is 9.41. The van der Waals surface area contributed by atoms with Crippen LogP contribution in [0.2, 0.25) is 0 Å². The van der Waals surface area contributed by atoms with E-state index in [-0.39, 0.29) is 11.8 Å². The normalized spacial score (nSPS) is 44.2. The highest BCUT2D eigenvalue weighted by molar-refractivity contribution is 7.83. The second kappa shape index (κ2) is 4.71. The van der Waals surface area contributed by atoms with E-state index in [0.717, 1.165) is 0 Å². The maximum absolute atomic E-state index is 4.70. The Kier molecular flexibility index (Phi) is 3.62. The van der Waals surface area contributed by atoms with Crippen LogP contribution < -0.4 is 5.32 Å². The zero-order chi connectivity index (χ0) is 12.5. The number of nitrogens with one attached hydrogen (secondary N) is 1. The lowest BCUT2D eigenvalue weighted by Gasteiger charge is -2.43. The molecule has 0 saturated carbocycles. The molecule has 4 unspecified atom stereocenters. The van der Waals surface area contributed by atoms with Crippen molar-refractivity contribution in [3.63, 3.8) is 0 Å². The van der Waals surface area contributed by atoms with Crippen molar-refractivity contribution in [2.45, 2.75) is 9.74 Å². The Morgan fingerprint density at radius 3 is 1.59 bits per heavy atom. The summed E-state index contributed by atoms with van der Waals surface area (Å²) in [5.74, 6) is 0.0951. The van der Waals surface area contributed by atoms with Gasteiger partial charge in [0.15, 0.2) is 0 Å². The van der Waals surface area contributed by atoms with Crippen molar-refractivity contribution >= 4 is 25.3 Å². The predicted molar refractivity (Wildman–Crippen MR) is 80.8 cm³/mol. The summed E-state index contributed by atoms with van der Waals surface area (Å²) < 4.78 is 0. The van der Waals surface area contributed by atoms with E-state index in [9.17, 15) is 0 Å². The summed E-state index contributed by atoms with van der Waals surface area (Å²) in [5.41, 5.74) is 0. The Bertz CT molecular complexity index is 372. The number of allylic oxidation sites excluding steroid dienone is 4. The molecule has 1 N–H and O–H groups in total. The molecule has 90 valence electrons. The van der Waals surface area contributed by atoms with Gasteiger partial charge in [0.25, 0.3) is 0 Å². The molecule has 1 nitrogen and oxygen atoms in total. The molecule has 0 fully saturated rings. The van der Waals surface area contributed by atoms with Crippen molar-refractivity contribution in [2.75, 3.05) is 0 Å². The molecule has 3 heteroatoms. The van der Waals surface area contributed by atoms with E-state index < -0.39 is 9.74 Å². The van der Waals surface area contributed by atoms with E-state index in [2.05, 4.69) is 19.2 Å². The van der Waals surface area contributed by atoms with Crippen molar-refractivity contribution < 1.29 is 0 Å². The highest BCUT2D eigenvalue weighted by atomic mass is 32.1. The molecular formula is C14H17NS2. The van der Waals surface area contributed by atoms with Gasteiger partial charge in [-0.3, -0.25) is 5.32 Å². The van der Waals surface area contributed by atoms with Crippen molar-refractivity contribution in [1.82, 2.24) is 5.32 Å². The third kappa shape index (κ3) is 2.56. The van der Waals surface area contributed by atoms with Gasteiger partial charge in [-0.25, -0.2) is 0 Å². The first kappa shape index (κ1) is 13.1. The molecule has 0 saturated heterocycles. The molecular weight excluding hydrogens is 246 g/mol. The van der Waals surface area contributed by atoms with Crippen LogP contribution in [-0.4, -0.2) is 9.74 Å². The maximum atomic E-state index is 4.70. The number of thiol groups is 2. The molecule has 0 heterocycles. The topological polar surface area (TPSA) is 12.0 Å². The van der Waals surface area contributed by atoms with Crippen LogP contribution in [0.25, 0.3) is 0 Å². The molecule has 2 aliphatic carbocycles. The van der Waals surface area contributed by atoms with Gasteiger partial charge in [0, 0.05) is 11.8 Å². The van der Waals surface area contributed by atoms with Crippen LogP contribution in [-0.2, 0) is 0 Å². The fraction of sp³-hybridized carbons (Fsp3) is 0.286. The van der Waals surface area contributed by atoms with Gasteiger partial charge in [0.1, 0.15) is 0 Å². The SMILES string of the molecule is [CH2]C1C=CC=CC1(S)NC1(S)C=CC=CC1[CH2]. The fourth-order valence-electron chi connectivity index (χ4n) is 1.93. The predicted octanol–water partition coefficient (Wildman–Crippen LogP) is 2.98. The van der Waals surface area contributed by atoms with Gasteiger partial charge < -0.3 is 0 Å². The van der Waals surface area contributed by atoms with Crippen molar-refractivity contribution in [2.24, 2.45) is 11.8 Å². The molecule has 2 aliphatic rings. The Morgan fingerprint density at radius 1 is 0.824 bits per heavy atom. The molecule has 2 rings (SSSR count). The average Bonchev–Trinajstić information content (AvgIpc) is 2.27. The molecule has 0 amide bonds. The second-order valence-electron chi connectivity index (χ2n) is 4.48. The molecule has 17 heavy (non-hydrogen) atoms. The van der Waals surface area contributed by atoms with Crippen molar-refractivity contribution in [3.8, 4) is 0 Å². The zero-order valence-electron chi connectivity index (χ0n) is 9.58. The lowest BCUT2D eigenvalue weighted by molar-refractivity contribution is 0.388. The average molecular weight is 263 g/mol. The Hall–Kier alpha value is -0.380. The molecule has 0 aromatic carbocycles. The fourth-order valence-corrected chi connectivity index (χ4v) is 2.73. The Balaban J connectivity index is 2.20. The number of rotatable bonds is 2. The largest absolute Gasteiger partial charge is 0.281 e. The summed E-state index contributed by atoms with van der Waals surface area (Å²) in [5, 5.41) is 3.44. The summed E-state index contributed by atoms with van der Waals surface area (Å²) in [4.78, 5) is -0.996. The van der Waals surface area contributed by atoms with Crippen LogP contribution in [0.15, 0.2) is 48.6 Å². The van der Waals surface area contributed by atoms with E-state index >= 15 is 0 Å². The highest BCUT2D eigenvalue weighted by Gasteiger charge is 2.39. The Morgan fingerprint density at radius 2 is 1.24 bits per heavy atom. The van der Waals surface area contributed by atoms with Gasteiger partial charge in [-0.2, -0.15) is 25.3 Å². The maximum Gasteiger partial charge on any atom is 0.0882 e. The zero-order valence-corrected chi connectivity index (χ0v) is 11.4. The van der Waals surface area contributed by atoms with Gasteiger partial charge in [0.2, 0.25) is 0 Å². The quantitative estimate of drug-likeness (QED) is 0.514. The third-order valence-corrected chi connectivity index (χ3v) is 4.33. The van der Waals surface area contributed by atoms with Gasteiger partial charge in [-0.1, -0.05) is 48.6 Å². The molecule has 0 aliphatic heterocycles. The van der Waals surface area contributed by atoms with Gasteiger partial charge in [-0.05, 0) is 13.8 Å². The summed E-state index contributed by atoms with van der Waals surface area (Å²) in [6, 6.07) is 0. The summed E-state index contributed by atoms with van der Waals surface area (Å²) in [6.45, 7) is 8.20. The summed E-state index contributed by atoms with van der Waals surface area (Å²) in [7, 11) is 0.